The van der Waals surface area contributed by atoms with Gasteiger partial charge in [-0.3, -0.25) is 23.2 Å². The molecule has 2 unspecified atom stereocenters. The fourth-order valence-corrected chi connectivity index (χ4v) is 11.6. The number of aliphatic hydroxyl groups excluding tert-OH is 5. The third-order valence-electron chi connectivity index (χ3n) is 14.0. The predicted molar refractivity (Wildman–Crippen MR) is 291 cm³/mol. The topological polar surface area (TPSA) is 326 Å². The molecule has 0 radical (unpaired) electrons. The van der Waals surface area contributed by atoms with Crippen molar-refractivity contribution >= 4 is 33.4 Å². The maximum absolute atomic E-state index is 13.4. The molecule has 1 fully saturated rings. The van der Waals surface area contributed by atoms with E-state index in [4.69, 9.17) is 29.0 Å². The van der Waals surface area contributed by atoms with Crippen LogP contribution in [0.5, 0.6) is 0 Å². The Hall–Kier alpha value is -2.88. The van der Waals surface area contributed by atoms with Crippen LogP contribution in [0.15, 0.2) is 41.4 Å². The highest BCUT2D eigenvalue weighted by molar-refractivity contribution is 7.61. The Bertz CT molecular complexity index is 2030. The predicted octanol–water partition coefficient (Wildman–Crippen LogP) is 8.80. The highest BCUT2D eigenvalue weighted by Crippen LogP contribution is 2.60. The van der Waals surface area contributed by atoms with E-state index in [9.17, 15) is 58.8 Å². The molecule has 0 aromatic carbocycles. The van der Waals surface area contributed by atoms with Crippen LogP contribution in [0.1, 0.15) is 200 Å². The number of anilines is 1. The Kier molecular flexibility index (Phi) is 33.7. The fourth-order valence-electron chi connectivity index (χ4n) is 9.48. The Balaban J connectivity index is 1.70. The molecule has 0 spiro atoms. The maximum Gasteiger partial charge on any atom is 0.481 e. The Morgan fingerprint density at radius 2 is 1.39 bits per heavy atom. The number of nitrogen functional groups attached to an aromatic ring is 1. The van der Waals surface area contributed by atoms with Gasteiger partial charge in [0.1, 0.15) is 30.9 Å². The van der Waals surface area contributed by atoms with E-state index in [-0.39, 0.29) is 31.5 Å². The molecule has 1 aromatic rings. The van der Waals surface area contributed by atoms with Gasteiger partial charge >= 0.3 is 33.3 Å². The lowest BCUT2D eigenvalue weighted by atomic mass is 9.82. The Morgan fingerprint density at radius 1 is 0.805 bits per heavy atom. The number of esters is 2. The van der Waals surface area contributed by atoms with Gasteiger partial charge in [0.25, 0.3) is 0 Å². The summed E-state index contributed by atoms with van der Waals surface area (Å²) in [6.45, 7) is 3.85. The van der Waals surface area contributed by atoms with Gasteiger partial charge in [0, 0.05) is 37.3 Å². The van der Waals surface area contributed by atoms with Gasteiger partial charge in [-0.25, -0.2) is 13.9 Å². The molecule has 23 heteroatoms. The van der Waals surface area contributed by atoms with Gasteiger partial charge in [-0.2, -0.15) is 9.29 Å². The van der Waals surface area contributed by atoms with E-state index in [1.807, 2.05) is 6.92 Å². The number of ether oxygens (including phenoxy) is 3. The zero-order chi connectivity index (χ0) is 56.6. The monoisotopic (exact) mass is 1140 g/mol. The van der Waals surface area contributed by atoms with Gasteiger partial charge in [0.15, 0.2) is 6.10 Å². The number of hydrogen-bond donors (Lipinski definition) is 8. The summed E-state index contributed by atoms with van der Waals surface area (Å²) >= 11 is 0. The number of cyclic esters (lactones) is 1. The van der Waals surface area contributed by atoms with Crippen LogP contribution in [-0.2, 0) is 46.3 Å². The minimum Gasteiger partial charge on any atom is -0.462 e. The van der Waals surface area contributed by atoms with E-state index in [1.165, 1.54) is 101 Å². The number of rotatable bonds is 27. The van der Waals surface area contributed by atoms with E-state index in [2.05, 4.69) is 23.1 Å². The van der Waals surface area contributed by atoms with Gasteiger partial charge in [-0.1, -0.05) is 167 Å². The van der Waals surface area contributed by atoms with Gasteiger partial charge in [-0.05, 0) is 44.1 Å². The van der Waals surface area contributed by atoms with Crippen molar-refractivity contribution in [2.75, 3.05) is 25.6 Å². The number of unbranched alkanes of at least 4 members (excludes halogenated alkanes) is 17. The molecule has 9 N–H and O–H groups in total. The Morgan fingerprint density at radius 3 is 1.99 bits per heavy atom. The molecule has 3 heterocycles. The molecule has 2 aliphatic heterocycles. The quantitative estimate of drug-likeness (QED) is 0.0176. The van der Waals surface area contributed by atoms with E-state index in [0.29, 0.717) is 25.7 Å². The normalized spacial score (nSPS) is 29.6. The molecule has 2 bridgehead atoms. The number of nitrogens with two attached hydrogens (primary N) is 1. The molecule has 77 heavy (non-hydrogen) atoms. The number of hydrogen-bond acceptors (Lipinski definition) is 18. The van der Waals surface area contributed by atoms with Crippen LogP contribution < -0.4 is 11.4 Å². The molecule has 21 nitrogen and oxygen atoms in total. The van der Waals surface area contributed by atoms with Crippen LogP contribution >= 0.6 is 15.6 Å². The van der Waals surface area contributed by atoms with Gasteiger partial charge in [0.2, 0.25) is 0 Å². The molecule has 1 aromatic heterocycles. The number of fused-ring (bicyclic) bond motifs is 3. The number of carbonyl (C=O) groups excluding carboxylic acids is 2. The first-order valence-electron chi connectivity index (χ1n) is 28.5. The van der Waals surface area contributed by atoms with E-state index in [0.717, 1.165) is 49.0 Å². The standard InChI is InChI=1S/C54H95N3O18P2/c1-4-5-22-28-41(58)32-33-43-45(59)36-46(60)44-29-24-20-21-25-30-49(61)70-37-42(73-50(62)31-26-19-17-15-13-11-9-7-6-8-10-12-14-16-18-23-27-40(2)3)38-71-76(66,67)75-77(68,69)72-39-47(52(64)51(43)63)74-53(44)57-35-34-48(55)56-54(57)65/h20,24,32-35,40-47,51-53,58-60,63-64H,4-19,21-23,25-31,36-39H2,1-3H3,(H,66,67)(H,68,69)(H2,55,56,65)/b24-20-,33-32+/t41-,42+,43-,44-,45+,46-,47+,51-,52+,53+/m0/s1. The number of phosphoric ester groups is 2. The van der Waals surface area contributed by atoms with Gasteiger partial charge < -0.3 is 55.3 Å². The second-order valence-electron chi connectivity index (χ2n) is 21.2. The third kappa shape index (κ3) is 28.9. The molecular formula is C54H95N3O18P2. The van der Waals surface area contributed by atoms with Gasteiger partial charge in [0.05, 0.1) is 37.6 Å². The SMILES string of the molecule is CCCCC[C@H](O)/C=C/[C@@H]1[C@H](O)[C@H](O)[C@H]2COP(=O)(O)OP(=O)(O)OC[C@H](OC(=O)CCCCCCCCCCCCCCCCCCC(C)C)COC(=O)CCC/C=C\C[C@H]([C@H](n3ccc(N)nc3=O)O2)[C@@H](O)C[C@H]1O. The highest BCUT2D eigenvalue weighted by atomic mass is 31.3. The van der Waals surface area contributed by atoms with Crippen molar-refractivity contribution in [1.29, 1.82) is 0 Å². The number of aromatic nitrogens is 2. The zero-order valence-electron chi connectivity index (χ0n) is 46.0. The summed E-state index contributed by atoms with van der Waals surface area (Å²) in [5, 5.41) is 57.6. The molecular weight excluding hydrogens is 1040 g/mol. The second-order valence-corrected chi connectivity index (χ2v) is 24.3. The molecule has 12 atom stereocenters. The summed E-state index contributed by atoms with van der Waals surface area (Å²) in [5.74, 6) is -3.35. The molecule has 444 valence electrons. The smallest absolute Gasteiger partial charge is 0.462 e. The summed E-state index contributed by atoms with van der Waals surface area (Å²) in [6, 6.07) is 1.25. The molecule has 0 amide bonds. The fraction of sp³-hybridized carbons (Fsp3) is 0.815. The number of phosphoric acid groups is 2. The maximum atomic E-state index is 13.4. The van der Waals surface area contributed by atoms with Crippen molar-refractivity contribution in [2.45, 2.75) is 243 Å². The van der Waals surface area contributed by atoms with Crippen LogP contribution in [0.4, 0.5) is 5.82 Å². The van der Waals surface area contributed by atoms with Gasteiger partial charge in [-0.15, -0.1) is 0 Å². The minimum absolute atomic E-state index is 0.00466. The number of carbonyl (C=O) groups is 2. The lowest BCUT2D eigenvalue weighted by Gasteiger charge is -2.40. The Labute approximate surface area is 456 Å². The summed E-state index contributed by atoms with van der Waals surface area (Å²) < 4.78 is 59.3. The molecule has 0 saturated carbocycles. The van der Waals surface area contributed by atoms with Crippen molar-refractivity contribution in [3.63, 3.8) is 0 Å². The van der Waals surface area contributed by atoms with Crippen molar-refractivity contribution in [3.8, 4) is 0 Å². The summed E-state index contributed by atoms with van der Waals surface area (Å²) in [5.41, 5.74) is 4.79. The van der Waals surface area contributed by atoms with Crippen LogP contribution in [0.3, 0.4) is 0 Å². The van der Waals surface area contributed by atoms with Crippen molar-refractivity contribution in [1.82, 2.24) is 9.55 Å². The van der Waals surface area contributed by atoms with E-state index in [1.54, 1.807) is 12.2 Å². The molecule has 0 aliphatic carbocycles. The first kappa shape index (κ1) is 68.4. The third-order valence-corrected chi connectivity index (χ3v) is 16.6. The minimum atomic E-state index is -5.71. The van der Waals surface area contributed by atoms with Crippen molar-refractivity contribution < 1.29 is 81.6 Å². The van der Waals surface area contributed by atoms with Crippen molar-refractivity contribution in [3.05, 3.63) is 47.1 Å². The molecule has 1 saturated heterocycles. The van der Waals surface area contributed by atoms with Crippen LogP contribution in [0.25, 0.3) is 0 Å². The van der Waals surface area contributed by atoms with Crippen LogP contribution in [0.2, 0.25) is 0 Å². The second kappa shape index (κ2) is 37.9. The zero-order valence-corrected chi connectivity index (χ0v) is 47.8. The van der Waals surface area contributed by atoms with E-state index >= 15 is 0 Å². The first-order chi connectivity index (χ1) is 36.7. The lowest BCUT2D eigenvalue weighted by molar-refractivity contribution is -0.194. The van der Waals surface area contributed by atoms with E-state index < -0.39 is 120 Å². The lowest BCUT2D eigenvalue weighted by Crippen LogP contribution is -2.52. The van der Waals surface area contributed by atoms with Crippen LogP contribution in [0, 0.1) is 17.8 Å². The summed E-state index contributed by atoms with van der Waals surface area (Å²) in [4.78, 5) is 64.4. The number of allylic oxidation sites excluding steroid dienone is 2. The van der Waals surface area contributed by atoms with Crippen molar-refractivity contribution in [2.24, 2.45) is 17.8 Å². The van der Waals surface area contributed by atoms with Crippen LogP contribution in [-0.4, -0.2) is 119 Å². The first-order valence-corrected chi connectivity index (χ1v) is 31.5. The highest BCUT2D eigenvalue weighted by Gasteiger charge is 2.45. The average molecular weight is 1140 g/mol. The summed E-state index contributed by atoms with van der Waals surface area (Å²) in [6.07, 6.45) is 16.5. The summed E-state index contributed by atoms with van der Waals surface area (Å²) in [7, 11) is -11.3. The molecule has 3 rings (SSSR count). The largest absolute Gasteiger partial charge is 0.481 e. The molecule has 2 aliphatic rings. The number of aliphatic hydroxyl groups is 5. The average Bonchev–Trinajstić information content (AvgIpc) is 3.36. The number of nitrogens with zero attached hydrogens (tertiary/aromatic N) is 2.